The molecule has 0 fully saturated rings. The van der Waals surface area contributed by atoms with Crippen LogP contribution in [0.3, 0.4) is 0 Å². The SMILES string of the molecule is CC[S@@](=N)(=O)c1ccccc1Br. The van der Waals surface area contributed by atoms with Gasteiger partial charge in [-0.05, 0) is 28.1 Å². The molecule has 0 saturated heterocycles. The van der Waals surface area contributed by atoms with Gasteiger partial charge in [0.2, 0.25) is 0 Å². The van der Waals surface area contributed by atoms with Crippen LogP contribution in [0.2, 0.25) is 0 Å². The fraction of sp³-hybridized carbons (Fsp3) is 0.250. The molecule has 1 atom stereocenters. The Morgan fingerprint density at radius 2 is 2.08 bits per heavy atom. The van der Waals surface area contributed by atoms with Crippen LogP contribution in [0.4, 0.5) is 0 Å². The summed E-state index contributed by atoms with van der Waals surface area (Å²) in [4.78, 5) is 0.590. The first-order chi connectivity index (χ1) is 5.58. The van der Waals surface area contributed by atoms with Gasteiger partial charge in [0.1, 0.15) is 0 Å². The van der Waals surface area contributed by atoms with E-state index in [1.807, 2.05) is 6.07 Å². The van der Waals surface area contributed by atoms with E-state index in [0.29, 0.717) is 10.6 Å². The maximum atomic E-state index is 11.6. The van der Waals surface area contributed by atoms with E-state index < -0.39 is 9.73 Å². The summed E-state index contributed by atoms with van der Waals surface area (Å²) in [6.45, 7) is 1.76. The maximum Gasteiger partial charge on any atom is 0.0734 e. The third-order valence-electron chi connectivity index (χ3n) is 1.60. The lowest BCUT2D eigenvalue weighted by Crippen LogP contribution is -2.01. The molecule has 0 radical (unpaired) electrons. The van der Waals surface area contributed by atoms with Gasteiger partial charge in [0.05, 0.1) is 14.6 Å². The summed E-state index contributed by atoms with van der Waals surface area (Å²) in [6, 6.07) is 7.17. The van der Waals surface area contributed by atoms with Crippen LogP contribution >= 0.6 is 15.9 Å². The van der Waals surface area contributed by atoms with Crippen molar-refractivity contribution in [2.75, 3.05) is 5.75 Å². The van der Waals surface area contributed by atoms with Crippen LogP contribution in [0.25, 0.3) is 0 Å². The Bertz CT molecular complexity index is 372. The lowest BCUT2D eigenvalue weighted by molar-refractivity contribution is 0.675. The average Bonchev–Trinajstić information content (AvgIpc) is 2.05. The average molecular weight is 248 g/mol. The predicted octanol–water partition coefficient (Wildman–Crippen LogP) is 2.87. The molecule has 1 rings (SSSR count). The highest BCUT2D eigenvalue weighted by Gasteiger charge is 2.09. The highest BCUT2D eigenvalue weighted by Crippen LogP contribution is 2.22. The number of halogens is 1. The van der Waals surface area contributed by atoms with Gasteiger partial charge in [-0.25, -0.2) is 8.99 Å². The Kier molecular flexibility index (Phi) is 2.90. The predicted molar refractivity (Wildman–Crippen MR) is 53.8 cm³/mol. The fourth-order valence-corrected chi connectivity index (χ4v) is 2.93. The zero-order chi connectivity index (χ0) is 9.19. The van der Waals surface area contributed by atoms with E-state index in [2.05, 4.69) is 15.9 Å². The summed E-state index contributed by atoms with van der Waals surface area (Å²) in [6.07, 6.45) is 0. The highest BCUT2D eigenvalue weighted by molar-refractivity contribution is 9.10. The zero-order valence-corrected chi connectivity index (χ0v) is 9.11. The van der Waals surface area contributed by atoms with Crippen molar-refractivity contribution >= 4 is 25.7 Å². The molecule has 0 aromatic heterocycles. The molecule has 0 unspecified atom stereocenters. The van der Waals surface area contributed by atoms with Gasteiger partial charge >= 0.3 is 0 Å². The molecule has 66 valence electrons. The first-order valence-corrected chi connectivity index (χ1v) is 6.11. The van der Waals surface area contributed by atoms with E-state index >= 15 is 0 Å². The Labute approximate surface area is 81.1 Å². The molecule has 0 aliphatic rings. The minimum absolute atomic E-state index is 0.357. The maximum absolute atomic E-state index is 11.6. The van der Waals surface area contributed by atoms with Crippen molar-refractivity contribution in [1.29, 1.82) is 4.78 Å². The molecule has 12 heavy (non-hydrogen) atoms. The van der Waals surface area contributed by atoms with Crippen LogP contribution < -0.4 is 0 Å². The molecule has 0 saturated carbocycles. The van der Waals surface area contributed by atoms with E-state index in [4.69, 9.17) is 4.78 Å². The van der Waals surface area contributed by atoms with Gasteiger partial charge in [-0.2, -0.15) is 0 Å². The van der Waals surface area contributed by atoms with Crippen molar-refractivity contribution in [2.45, 2.75) is 11.8 Å². The smallest absolute Gasteiger partial charge is 0.0734 e. The highest BCUT2D eigenvalue weighted by atomic mass is 79.9. The van der Waals surface area contributed by atoms with Crippen LogP contribution in [-0.4, -0.2) is 9.96 Å². The molecule has 4 heteroatoms. The normalized spacial score (nSPS) is 15.5. The number of hydrogen-bond donors (Lipinski definition) is 1. The van der Waals surface area contributed by atoms with Crippen LogP contribution in [0.15, 0.2) is 33.6 Å². The Balaban J connectivity index is 3.30. The zero-order valence-electron chi connectivity index (χ0n) is 6.71. The monoisotopic (exact) mass is 247 g/mol. The Morgan fingerprint density at radius 3 is 2.58 bits per heavy atom. The summed E-state index contributed by atoms with van der Waals surface area (Å²) in [7, 11) is -2.58. The summed E-state index contributed by atoms with van der Waals surface area (Å²) >= 11 is 3.27. The largest absolute Gasteiger partial charge is 0.249 e. The van der Waals surface area contributed by atoms with E-state index in [1.54, 1.807) is 25.1 Å². The minimum atomic E-state index is -2.58. The molecular weight excluding hydrogens is 238 g/mol. The molecule has 1 aromatic carbocycles. The van der Waals surface area contributed by atoms with Crippen molar-refractivity contribution in [1.82, 2.24) is 0 Å². The molecule has 0 heterocycles. The van der Waals surface area contributed by atoms with E-state index in [-0.39, 0.29) is 0 Å². The standard InChI is InChI=1S/C8H10BrNOS/c1-2-12(10,11)8-6-4-3-5-7(8)9/h3-6,10H,2H2,1H3/t12-/m1/s1. The van der Waals surface area contributed by atoms with Crippen molar-refractivity contribution in [3.63, 3.8) is 0 Å². The molecule has 0 bridgehead atoms. The molecule has 2 nitrogen and oxygen atoms in total. The van der Waals surface area contributed by atoms with Crippen molar-refractivity contribution < 1.29 is 4.21 Å². The Morgan fingerprint density at radius 1 is 1.50 bits per heavy atom. The summed E-state index contributed by atoms with van der Waals surface area (Å²) in [5, 5.41) is 0. The summed E-state index contributed by atoms with van der Waals surface area (Å²) < 4.78 is 19.9. The molecule has 0 aliphatic carbocycles. The van der Waals surface area contributed by atoms with Crippen LogP contribution in [-0.2, 0) is 9.73 Å². The van der Waals surface area contributed by atoms with Crippen LogP contribution in [0.5, 0.6) is 0 Å². The fourth-order valence-electron chi connectivity index (χ4n) is 0.868. The van der Waals surface area contributed by atoms with E-state index in [0.717, 1.165) is 4.47 Å². The first-order valence-electron chi connectivity index (χ1n) is 3.59. The third kappa shape index (κ3) is 1.87. The van der Waals surface area contributed by atoms with Crippen LogP contribution in [0.1, 0.15) is 6.92 Å². The van der Waals surface area contributed by atoms with Gasteiger partial charge in [-0.15, -0.1) is 0 Å². The van der Waals surface area contributed by atoms with Gasteiger partial charge in [-0.3, -0.25) is 0 Å². The topological polar surface area (TPSA) is 40.9 Å². The molecule has 1 aromatic rings. The molecular formula is C8H10BrNOS. The quantitative estimate of drug-likeness (QED) is 0.858. The van der Waals surface area contributed by atoms with Crippen molar-refractivity contribution in [2.24, 2.45) is 0 Å². The second-order valence-electron chi connectivity index (χ2n) is 2.39. The molecule has 1 N–H and O–H groups in total. The van der Waals surface area contributed by atoms with Gasteiger partial charge in [0.15, 0.2) is 0 Å². The molecule has 0 aliphatic heterocycles. The number of rotatable bonds is 2. The van der Waals surface area contributed by atoms with E-state index in [9.17, 15) is 4.21 Å². The van der Waals surface area contributed by atoms with Crippen LogP contribution in [0, 0.1) is 4.78 Å². The number of benzene rings is 1. The number of nitrogens with one attached hydrogen (secondary N) is 1. The minimum Gasteiger partial charge on any atom is -0.249 e. The van der Waals surface area contributed by atoms with Gasteiger partial charge in [0, 0.05) is 10.2 Å². The third-order valence-corrected chi connectivity index (χ3v) is 4.43. The van der Waals surface area contributed by atoms with Crippen molar-refractivity contribution in [3.05, 3.63) is 28.7 Å². The molecule has 0 amide bonds. The Hall–Kier alpha value is -0.350. The summed E-state index contributed by atoms with van der Waals surface area (Å²) in [5.74, 6) is 0.357. The molecule has 0 spiro atoms. The first kappa shape index (κ1) is 9.74. The van der Waals surface area contributed by atoms with Gasteiger partial charge in [-0.1, -0.05) is 19.1 Å². The number of hydrogen-bond acceptors (Lipinski definition) is 2. The second kappa shape index (κ2) is 3.58. The second-order valence-corrected chi connectivity index (χ2v) is 5.62. The lowest BCUT2D eigenvalue weighted by Gasteiger charge is -2.05. The van der Waals surface area contributed by atoms with Gasteiger partial charge in [0.25, 0.3) is 0 Å². The van der Waals surface area contributed by atoms with Crippen molar-refractivity contribution in [3.8, 4) is 0 Å². The summed E-state index contributed by atoms with van der Waals surface area (Å²) in [5.41, 5.74) is 0. The van der Waals surface area contributed by atoms with E-state index in [1.165, 1.54) is 0 Å². The lowest BCUT2D eigenvalue weighted by atomic mass is 10.4. The van der Waals surface area contributed by atoms with Gasteiger partial charge < -0.3 is 0 Å².